The van der Waals surface area contributed by atoms with Crippen molar-refractivity contribution in [2.45, 2.75) is 6.92 Å². The highest BCUT2D eigenvalue weighted by atomic mass is 32.2. The zero-order valence-corrected chi connectivity index (χ0v) is 11.7. The summed E-state index contributed by atoms with van der Waals surface area (Å²) in [6.45, 7) is 2.28. The van der Waals surface area contributed by atoms with Gasteiger partial charge in [-0.3, -0.25) is 9.00 Å². The molecular weight excluding hydrogens is 276 g/mol. The molecule has 8 heteroatoms. The molecule has 1 unspecified atom stereocenters. The fraction of sp³-hybridized carbons (Fsp3) is 0.500. The number of hydrogen-bond acceptors (Lipinski definition) is 6. The van der Waals surface area contributed by atoms with Crippen molar-refractivity contribution in [2.24, 2.45) is 0 Å². The molecule has 1 atom stereocenters. The molecule has 1 aromatic rings. The largest absolute Gasteiger partial charge is 0.461 e. The number of esters is 1. The summed E-state index contributed by atoms with van der Waals surface area (Å²) in [6, 6.07) is 0. The van der Waals surface area contributed by atoms with Gasteiger partial charge in [0.2, 0.25) is 5.01 Å². The molecule has 0 spiro atoms. The van der Waals surface area contributed by atoms with Crippen LogP contribution in [-0.4, -0.2) is 46.2 Å². The quantitative estimate of drug-likeness (QED) is 0.768. The number of carbonyl (C=O) groups is 2. The zero-order valence-electron chi connectivity index (χ0n) is 10.1. The minimum Gasteiger partial charge on any atom is -0.461 e. The van der Waals surface area contributed by atoms with E-state index in [1.807, 2.05) is 0 Å². The van der Waals surface area contributed by atoms with E-state index in [0.717, 1.165) is 11.3 Å². The highest BCUT2D eigenvalue weighted by Gasteiger charge is 2.15. The third-order valence-corrected chi connectivity index (χ3v) is 3.46. The second-order valence-electron chi connectivity index (χ2n) is 3.29. The second-order valence-corrected chi connectivity index (χ2v) is 5.70. The van der Waals surface area contributed by atoms with Crippen molar-refractivity contribution in [3.8, 4) is 0 Å². The van der Waals surface area contributed by atoms with Crippen molar-refractivity contribution in [2.75, 3.05) is 25.2 Å². The fourth-order valence-corrected chi connectivity index (χ4v) is 2.14. The van der Waals surface area contributed by atoms with Gasteiger partial charge in [-0.2, -0.15) is 0 Å². The number of rotatable bonds is 6. The molecule has 0 radical (unpaired) electrons. The molecule has 1 N–H and O–H groups in total. The normalized spacial score (nSPS) is 11.9. The van der Waals surface area contributed by atoms with Gasteiger partial charge >= 0.3 is 5.97 Å². The van der Waals surface area contributed by atoms with Crippen molar-refractivity contribution in [3.63, 3.8) is 0 Å². The van der Waals surface area contributed by atoms with Crippen LogP contribution in [-0.2, 0) is 15.5 Å². The van der Waals surface area contributed by atoms with Gasteiger partial charge in [-0.25, -0.2) is 9.78 Å². The Bertz CT molecular complexity index is 458. The van der Waals surface area contributed by atoms with Gasteiger partial charge in [-0.15, -0.1) is 11.3 Å². The molecule has 1 amide bonds. The number of amides is 1. The van der Waals surface area contributed by atoms with E-state index < -0.39 is 16.8 Å². The first-order valence-electron chi connectivity index (χ1n) is 5.25. The molecule has 0 aliphatic rings. The third kappa shape index (κ3) is 4.53. The molecule has 1 heterocycles. The highest BCUT2D eigenvalue weighted by molar-refractivity contribution is 7.84. The summed E-state index contributed by atoms with van der Waals surface area (Å²) < 4.78 is 15.6. The number of hydrogen-bond donors (Lipinski definition) is 1. The molecule has 0 bridgehead atoms. The Labute approximate surface area is 111 Å². The maximum atomic E-state index is 11.6. The van der Waals surface area contributed by atoms with Gasteiger partial charge in [0, 0.05) is 34.7 Å². The van der Waals surface area contributed by atoms with Gasteiger partial charge in [0.15, 0.2) is 0 Å². The zero-order chi connectivity index (χ0) is 13.5. The van der Waals surface area contributed by atoms with Crippen LogP contribution in [0.1, 0.15) is 27.2 Å². The van der Waals surface area contributed by atoms with Crippen molar-refractivity contribution in [1.29, 1.82) is 0 Å². The minimum absolute atomic E-state index is 0.154. The number of nitrogens with zero attached hydrogens (tertiary/aromatic N) is 1. The van der Waals surface area contributed by atoms with Crippen molar-refractivity contribution >= 4 is 34.0 Å². The molecule has 0 saturated carbocycles. The summed E-state index contributed by atoms with van der Waals surface area (Å²) in [5, 5.41) is 4.22. The van der Waals surface area contributed by atoms with Crippen molar-refractivity contribution in [1.82, 2.24) is 10.3 Å². The molecule has 0 fully saturated rings. The molecule has 1 aromatic heterocycles. The van der Waals surface area contributed by atoms with Crippen LogP contribution < -0.4 is 5.32 Å². The Morgan fingerprint density at radius 2 is 2.28 bits per heavy atom. The van der Waals surface area contributed by atoms with Gasteiger partial charge in [0.05, 0.1) is 6.61 Å². The van der Waals surface area contributed by atoms with Gasteiger partial charge in [-0.05, 0) is 6.92 Å². The highest BCUT2D eigenvalue weighted by Crippen LogP contribution is 2.10. The van der Waals surface area contributed by atoms with Crippen LogP contribution in [0, 0.1) is 0 Å². The second kappa shape index (κ2) is 7.22. The van der Waals surface area contributed by atoms with Gasteiger partial charge in [0.25, 0.3) is 5.91 Å². The lowest BCUT2D eigenvalue weighted by Gasteiger charge is -2.00. The maximum absolute atomic E-state index is 11.6. The minimum atomic E-state index is -0.950. The molecule has 1 rings (SSSR count). The maximum Gasteiger partial charge on any atom is 0.367 e. The Kier molecular flexibility index (Phi) is 5.93. The summed E-state index contributed by atoms with van der Waals surface area (Å²) in [7, 11) is -0.950. The molecule has 6 nitrogen and oxygen atoms in total. The summed E-state index contributed by atoms with van der Waals surface area (Å²) in [5.74, 6) is -0.524. The average molecular weight is 290 g/mol. The molecular formula is C10H14N2O4S2. The summed E-state index contributed by atoms with van der Waals surface area (Å²) in [4.78, 5) is 26.8. The Balaban J connectivity index is 2.54. The molecule has 0 aromatic carbocycles. The standard InChI is InChI=1S/C10H14N2O4S2/c1-3-16-10(14)9-12-7(6-17-9)8(13)11-4-5-18(2)15/h6H,3-5H2,1-2H3,(H,11,13). The lowest BCUT2D eigenvalue weighted by molar-refractivity contribution is 0.0526. The lowest BCUT2D eigenvalue weighted by Crippen LogP contribution is -2.27. The van der Waals surface area contributed by atoms with Gasteiger partial charge < -0.3 is 10.1 Å². The summed E-state index contributed by atoms with van der Waals surface area (Å²) in [5.41, 5.74) is 0.171. The van der Waals surface area contributed by atoms with Gasteiger partial charge in [-0.1, -0.05) is 0 Å². The third-order valence-electron chi connectivity index (χ3n) is 1.86. The molecule has 0 aliphatic heterocycles. The van der Waals surface area contributed by atoms with Crippen molar-refractivity contribution < 1.29 is 18.5 Å². The summed E-state index contributed by atoms with van der Waals surface area (Å²) >= 11 is 1.06. The number of aromatic nitrogens is 1. The van der Waals surface area contributed by atoms with Crippen LogP contribution in [0.4, 0.5) is 0 Å². The number of ether oxygens (including phenoxy) is 1. The van der Waals surface area contributed by atoms with E-state index in [9.17, 15) is 13.8 Å². The van der Waals surface area contributed by atoms with E-state index in [-0.39, 0.29) is 23.2 Å². The monoisotopic (exact) mass is 290 g/mol. The smallest absolute Gasteiger partial charge is 0.367 e. The van der Waals surface area contributed by atoms with Crippen LogP contribution in [0.5, 0.6) is 0 Å². The van der Waals surface area contributed by atoms with E-state index >= 15 is 0 Å². The van der Waals surface area contributed by atoms with Crippen LogP contribution >= 0.6 is 11.3 Å². The lowest BCUT2D eigenvalue weighted by atomic mass is 10.4. The van der Waals surface area contributed by atoms with E-state index in [2.05, 4.69) is 10.3 Å². The molecule has 100 valence electrons. The fourth-order valence-electron chi connectivity index (χ4n) is 1.06. The van der Waals surface area contributed by atoms with Crippen LogP contribution in [0.15, 0.2) is 5.38 Å². The van der Waals surface area contributed by atoms with Gasteiger partial charge in [0.1, 0.15) is 5.69 Å². The number of thiazole rings is 1. The average Bonchev–Trinajstić information content (AvgIpc) is 2.78. The Hall–Kier alpha value is -1.28. The molecule has 0 aliphatic carbocycles. The predicted molar refractivity (Wildman–Crippen MR) is 69.3 cm³/mol. The SMILES string of the molecule is CCOC(=O)c1nc(C(=O)NCCS(C)=O)cs1. The van der Waals surface area contributed by atoms with E-state index in [1.165, 1.54) is 5.38 Å². The van der Waals surface area contributed by atoms with Crippen LogP contribution in [0.3, 0.4) is 0 Å². The first-order chi connectivity index (χ1) is 8.54. The molecule has 0 saturated heterocycles. The topological polar surface area (TPSA) is 85.4 Å². The Morgan fingerprint density at radius 3 is 2.89 bits per heavy atom. The Morgan fingerprint density at radius 1 is 1.56 bits per heavy atom. The van der Waals surface area contributed by atoms with Crippen LogP contribution in [0.25, 0.3) is 0 Å². The van der Waals surface area contributed by atoms with Crippen molar-refractivity contribution in [3.05, 3.63) is 16.1 Å². The van der Waals surface area contributed by atoms with E-state index in [0.29, 0.717) is 12.3 Å². The first-order valence-corrected chi connectivity index (χ1v) is 7.86. The number of carbonyl (C=O) groups excluding carboxylic acids is 2. The molecule has 18 heavy (non-hydrogen) atoms. The van der Waals surface area contributed by atoms with E-state index in [4.69, 9.17) is 4.74 Å². The van der Waals surface area contributed by atoms with E-state index in [1.54, 1.807) is 13.2 Å². The summed E-state index contributed by atoms with van der Waals surface area (Å²) in [6.07, 6.45) is 1.56. The van der Waals surface area contributed by atoms with Crippen LogP contribution in [0.2, 0.25) is 0 Å². The number of nitrogens with one attached hydrogen (secondary N) is 1. The predicted octanol–water partition coefficient (Wildman–Crippen LogP) is 0.428. The first kappa shape index (κ1) is 14.8.